The van der Waals surface area contributed by atoms with Gasteiger partial charge in [0.2, 0.25) is 15.9 Å². The molecular formula is C19H21ClN2O3S. The number of nitrogens with zero attached hydrogens (tertiary/aromatic N) is 2. The molecule has 0 saturated carbocycles. The Hall–Kier alpha value is -1.63. The lowest BCUT2D eigenvalue weighted by Crippen LogP contribution is -2.49. The molecule has 2 bridgehead atoms. The molecule has 5 nitrogen and oxygen atoms in total. The van der Waals surface area contributed by atoms with Gasteiger partial charge in [0.05, 0.1) is 4.90 Å². The van der Waals surface area contributed by atoms with Crippen molar-refractivity contribution in [3.05, 3.63) is 53.2 Å². The molecule has 2 aromatic rings. The van der Waals surface area contributed by atoms with E-state index in [0.29, 0.717) is 28.6 Å². The van der Waals surface area contributed by atoms with Crippen molar-refractivity contribution in [1.29, 1.82) is 0 Å². The van der Waals surface area contributed by atoms with Crippen LogP contribution < -0.4 is 4.74 Å². The Balaban J connectivity index is 1.57. The van der Waals surface area contributed by atoms with Crippen LogP contribution in [0.4, 0.5) is 0 Å². The number of hydrogen-bond donors (Lipinski definition) is 0. The van der Waals surface area contributed by atoms with E-state index in [0.717, 1.165) is 18.4 Å². The largest absolute Gasteiger partial charge is 0.474 e. The van der Waals surface area contributed by atoms with Gasteiger partial charge < -0.3 is 4.74 Å². The topological polar surface area (TPSA) is 59.5 Å². The number of aryl methyl sites for hydroxylation is 1. The van der Waals surface area contributed by atoms with Crippen LogP contribution in [0.25, 0.3) is 0 Å². The molecule has 0 aliphatic carbocycles. The maximum Gasteiger partial charge on any atom is 0.243 e. The monoisotopic (exact) mass is 392 g/mol. The Bertz CT molecular complexity index is 890. The molecule has 2 saturated heterocycles. The molecule has 26 heavy (non-hydrogen) atoms. The highest BCUT2D eigenvalue weighted by molar-refractivity contribution is 7.89. The molecule has 3 heterocycles. The number of rotatable bonds is 4. The van der Waals surface area contributed by atoms with Gasteiger partial charge in [-0.05, 0) is 43.5 Å². The van der Waals surface area contributed by atoms with Gasteiger partial charge in [-0.3, -0.25) is 0 Å². The van der Waals surface area contributed by atoms with Crippen molar-refractivity contribution >= 4 is 21.6 Å². The van der Waals surface area contributed by atoms with Crippen LogP contribution in [0.3, 0.4) is 0 Å². The van der Waals surface area contributed by atoms with Gasteiger partial charge in [0.15, 0.2) is 0 Å². The van der Waals surface area contributed by atoms with Crippen molar-refractivity contribution in [2.75, 3.05) is 0 Å². The maximum absolute atomic E-state index is 13.3. The first kappa shape index (κ1) is 17.8. The van der Waals surface area contributed by atoms with E-state index in [1.165, 1.54) is 0 Å². The van der Waals surface area contributed by atoms with Gasteiger partial charge in [0.1, 0.15) is 6.10 Å². The minimum absolute atomic E-state index is 0.00527. The molecule has 1 aromatic heterocycles. The number of aromatic nitrogens is 1. The van der Waals surface area contributed by atoms with E-state index in [9.17, 15) is 8.42 Å². The van der Waals surface area contributed by atoms with Gasteiger partial charge >= 0.3 is 0 Å². The third-order valence-corrected chi connectivity index (χ3v) is 7.64. The van der Waals surface area contributed by atoms with E-state index >= 15 is 0 Å². The van der Waals surface area contributed by atoms with Crippen molar-refractivity contribution in [3.63, 3.8) is 0 Å². The van der Waals surface area contributed by atoms with E-state index < -0.39 is 10.0 Å². The van der Waals surface area contributed by atoms with Gasteiger partial charge in [-0.2, -0.15) is 4.31 Å². The Morgan fingerprint density at radius 3 is 2.54 bits per heavy atom. The first-order chi connectivity index (χ1) is 12.4. The number of fused-ring (bicyclic) bond motifs is 2. The van der Waals surface area contributed by atoms with Crippen molar-refractivity contribution in [1.82, 2.24) is 9.29 Å². The zero-order valence-corrected chi connectivity index (χ0v) is 16.1. The lowest BCUT2D eigenvalue weighted by atomic mass is 10.0. The summed E-state index contributed by atoms with van der Waals surface area (Å²) in [7, 11) is -3.57. The molecule has 2 unspecified atom stereocenters. The van der Waals surface area contributed by atoms with E-state index in [1.807, 2.05) is 25.1 Å². The highest BCUT2D eigenvalue weighted by Crippen LogP contribution is 2.41. The number of benzene rings is 1. The number of hydrogen-bond acceptors (Lipinski definition) is 4. The predicted octanol–water partition coefficient (Wildman–Crippen LogP) is 3.81. The van der Waals surface area contributed by atoms with Gasteiger partial charge in [-0.1, -0.05) is 23.7 Å². The number of pyridine rings is 1. The molecule has 4 rings (SSSR count). The summed E-state index contributed by atoms with van der Waals surface area (Å²) < 4.78 is 34.3. The fraction of sp³-hybridized carbons (Fsp3) is 0.421. The first-order valence-corrected chi connectivity index (χ1v) is 10.6. The number of halogens is 1. The second kappa shape index (κ2) is 6.83. The van der Waals surface area contributed by atoms with Crippen LogP contribution in [-0.2, 0) is 10.0 Å². The number of sulfonamides is 1. The van der Waals surface area contributed by atoms with Crippen LogP contribution in [0.1, 0.15) is 31.2 Å². The van der Waals surface area contributed by atoms with Gasteiger partial charge in [-0.25, -0.2) is 13.4 Å². The van der Waals surface area contributed by atoms with Crippen molar-refractivity contribution in [2.45, 2.75) is 55.7 Å². The average molecular weight is 393 g/mol. The summed E-state index contributed by atoms with van der Waals surface area (Å²) in [6, 6.07) is 10.5. The fourth-order valence-electron chi connectivity index (χ4n) is 4.13. The molecule has 0 amide bonds. The molecular weight excluding hydrogens is 372 g/mol. The average Bonchev–Trinajstić information content (AvgIpc) is 2.90. The van der Waals surface area contributed by atoms with E-state index in [2.05, 4.69) is 4.98 Å². The molecule has 0 spiro atoms. The fourth-order valence-corrected chi connectivity index (χ4v) is 6.51. The van der Waals surface area contributed by atoms with Gasteiger partial charge in [0.25, 0.3) is 0 Å². The molecule has 2 atom stereocenters. The summed E-state index contributed by atoms with van der Waals surface area (Å²) in [4.78, 5) is 4.52. The summed E-state index contributed by atoms with van der Waals surface area (Å²) in [5.74, 6) is 0.596. The lowest BCUT2D eigenvalue weighted by Gasteiger charge is -2.37. The summed E-state index contributed by atoms with van der Waals surface area (Å²) in [5.41, 5.74) is 0.723. The molecule has 7 heteroatoms. The maximum atomic E-state index is 13.3. The third kappa shape index (κ3) is 3.21. The minimum atomic E-state index is -3.57. The molecule has 0 N–H and O–H groups in total. The predicted molar refractivity (Wildman–Crippen MR) is 99.9 cm³/mol. The Morgan fingerprint density at radius 1 is 1.15 bits per heavy atom. The minimum Gasteiger partial charge on any atom is -0.474 e. The standard InChI is InChI=1S/C19H21ClN2O3S/c1-13-5-6-14(20)10-18(13)26(23,24)22-15-7-8-16(22)12-17(11-15)25-19-4-2-3-9-21-19/h2-6,9-10,15-17H,7-8,11-12H2,1H3. The van der Waals surface area contributed by atoms with Gasteiger partial charge in [-0.15, -0.1) is 0 Å². The highest BCUT2D eigenvalue weighted by Gasteiger charge is 2.48. The second-order valence-corrected chi connectivity index (χ2v) is 9.26. The zero-order valence-electron chi connectivity index (χ0n) is 14.5. The van der Waals surface area contributed by atoms with Crippen LogP contribution in [-0.4, -0.2) is 35.9 Å². The van der Waals surface area contributed by atoms with Crippen LogP contribution in [0.5, 0.6) is 5.88 Å². The number of piperidine rings is 1. The number of ether oxygens (including phenoxy) is 1. The van der Waals surface area contributed by atoms with Crippen molar-refractivity contribution in [2.24, 2.45) is 0 Å². The normalized spacial score (nSPS) is 26.0. The van der Waals surface area contributed by atoms with Crippen molar-refractivity contribution in [3.8, 4) is 5.88 Å². The molecule has 2 aliphatic heterocycles. The Morgan fingerprint density at radius 2 is 1.88 bits per heavy atom. The zero-order chi connectivity index (χ0) is 18.3. The van der Waals surface area contributed by atoms with E-state index in [4.69, 9.17) is 16.3 Å². The second-order valence-electron chi connectivity index (χ2n) is 7.01. The van der Waals surface area contributed by atoms with Crippen LogP contribution >= 0.6 is 11.6 Å². The Labute approximate surface area is 159 Å². The molecule has 2 fully saturated rings. The first-order valence-electron chi connectivity index (χ1n) is 8.82. The van der Waals surface area contributed by atoms with Gasteiger partial charge in [0, 0.05) is 42.2 Å². The lowest BCUT2D eigenvalue weighted by molar-refractivity contribution is 0.0918. The third-order valence-electron chi connectivity index (χ3n) is 5.25. The molecule has 138 valence electrons. The summed E-state index contributed by atoms with van der Waals surface area (Å²) >= 11 is 6.05. The summed E-state index contributed by atoms with van der Waals surface area (Å²) in [5, 5.41) is 0.440. The Kier molecular flexibility index (Phi) is 4.67. The molecule has 2 aliphatic rings. The SMILES string of the molecule is Cc1ccc(Cl)cc1S(=O)(=O)N1C2CCC1CC(Oc1ccccn1)C2. The molecule has 0 radical (unpaired) electrons. The van der Waals surface area contributed by atoms with Crippen LogP contribution in [0.2, 0.25) is 5.02 Å². The van der Waals surface area contributed by atoms with Crippen molar-refractivity contribution < 1.29 is 13.2 Å². The summed E-state index contributed by atoms with van der Waals surface area (Å²) in [6.07, 6.45) is 4.80. The van der Waals surface area contributed by atoms with E-state index in [-0.39, 0.29) is 18.2 Å². The highest BCUT2D eigenvalue weighted by atomic mass is 35.5. The molecule has 1 aromatic carbocycles. The summed E-state index contributed by atoms with van der Waals surface area (Å²) in [6.45, 7) is 1.81. The smallest absolute Gasteiger partial charge is 0.243 e. The van der Waals surface area contributed by atoms with Crippen LogP contribution in [0, 0.1) is 6.92 Å². The quantitative estimate of drug-likeness (QED) is 0.793. The van der Waals surface area contributed by atoms with Crippen LogP contribution in [0.15, 0.2) is 47.5 Å². The van der Waals surface area contributed by atoms with E-state index in [1.54, 1.807) is 28.7 Å².